The summed E-state index contributed by atoms with van der Waals surface area (Å²) in [6, 6.07) is 13.4. The van der Waals surface area contributed by atoms with Crippen LogP contribution >= 0.6 is 0 Å². The van der Waals surface area contributed by atoms with Crippen LogP contribution in [-0.4, -0.2) is 69.5 Å². The lowest BCUT2D eigenvalue weighted by Gasteiger charge is -2.35. The Morgan fingerprint density at radius 1 is 0.967 bits per heavy atom. The molecular weight excluding hydrogens is 378 g/mol. The molecule has 4 rings (SSSR count). The van der Waals surface area contributed by atoms with Gasteiger partial charge in [0, 0.05) is 62.9 Å². The third-order valence-electron chi connectivity index (χ3n) is 5.05. The molecule has 8 nitrogen and oxygen atoms in total. The van der Waals surface area contributed by atoms with Crippen molar-refractivity contribution in [3.05, 3.63) is 66.9 Å². The van der Waals surface area contributed by atoms with E-state index in [1.54, 1.807) is 18.6 Å². The van der Waals surface area contributed by atoms with E-state index in [2.05, 4.69) is 35.1 Å². The molecule has 1 fully saturated rings. The summed E-state index contributed by atoms with van der Waals surface area (Å²) in [5, 5.41) is 3.02. The molecule has 1 saturated heterocycles. The van der Waals surface area contributed by atoms with Crippen molar-refractivity contribution in [1.29, 1.82) is 0 Å². The molecule has 1 atom stereocenters. The van der Waals surface area contributed by atoms with Gasteiger partial charge in [0.15, 0.2) is 0 Å². The molecule has 0 saturated carbocycles. The van der Waals surface area contributed by atoms with Crippen LogP contribution in [0.1, 0.15) is 17.5 Å². The molecule has 8 heteroatoms. The van der Waals surface area contributed by atoms with E-state index in [9.17, 15) is 4.79 Å². The zero-order valence-corrected chi connectivity index (χ0v) is 17.0. The Balaban J connectivity index is 1.29. The third-order valence-corrected chi connectivity index (χ3v) is 5.05. The lowest BCUT2D eigenvalue weighted by molar-refractivity contribution is 0.0917. The second kappa shape index (κ2) is 9.41. The number of rotatable bonds is 6. The highest BCUT2D eigenvalue weighted by molar-refractivity contribution is 5.91. The minimum Gasteiger partial charge on any atom is -0.346 e. The third kappa shape index (κ3) is 4.96. The van der Waals surface area contributed by atoms with Crippen LogP contribution in [0.25, 0.3) is 11.3 Å². The molecule has 1 amide bonds. The highest BCUT2D eigenvalue weighted by Crippen LogP contribution is 2.15. The minimum absolute atomic E-state index is 0.0130. The summed E-state index contributed by atoms with van der Waals surface area (Å²) >= 11 is 0. The van der Waals surface area contributed by atoms with Crippen LogP contribution in [0.5, 0.6) is 0 Å². The zero-order chi connectivity index (χ0) is 20.8. The number of nitrogens with one attached hydrogen (secondary N) is 1. The summed E-state index contributed by atoms with van der Waals surface area (Å²) in [5.74, 6) is 0.708. The van der Waals surface area contributed by atoms with Gasteiger partial charge in [-0.05, 0) is 19.1 Å². The molecule has 154 valence electrons. The number of nitrogens with zero attached hydrogens (tertiary/aromatic N) is 6. The Hall–Kier alpha value is -3.39. The summed E-state index contributed by atoms with van der Waals surface area (Å²) in [5.41, 5.74) is 1.70. The van der Waals surface area contributed by atoms with Gasteiger partial charge in [-0.15, -0.1) is 0 Å². The first-order valence-corrected chi connectivity index (χ1v) is 10.1. The summed E-state index contributed by atoms with van der Waals surface area (Å²) in [6.07, 6.45) is 5.15. The fraction of sp³-hybridized carbons (Fsp3) is 0.318. The summed E-state index contributed by atoms with van der Waals surface area (Å²) in [6.45, 7) is 6.32. The van der Waals surface area contributed by atoms with Crippen molar-refractivity contribution in [3.8, 4) is 11.3 Å². The summed E-state index contributed by atoms with van der Waals surface area (Å²) < 4.78 is 0. The maximum absolute atomic E-state index is 12.6. The molecular formula is C22H25N7O. The Bertz CT molecular complexity index is 959. The van der Waals surface area contributed by atoms with Crippen molar-refractivity contribution >= 4 is 11.9 Å². The molecule has 1 aliphatic heterocycles. The van der Waals surface area contributed by atoms with Gasteiger partial charge in [0.05, 0.1) is 5.69 Å². The minimum atomic E-state index is -0.253. The topological polar surface area (TPSA) is 87.1 Å². The van der Waals surface area contributed by atoms with Gasteiger partial charge in [0.25, 0.3) is 5.91 Å². The second-order valence-electron chi connectivity index (χ2n) is 7.34. The molecule has 3 heterocycles. The lowest BCUT2D eigenvalue weighted by Crippen LogP contribution is -2.51. The molecule has 0 spiro atoms. The maximum atomic E-state index is 12.6. The molecule has 0 radical (unpaired) electrons. The van der Waals surface area contributed by atoms with Crippen LogP contribution in [0.2, 0.25) is 0 Å². The van der Waals surface area contributed by atoms with E-state index in [-0.39, 0.29) is 17.8 Å². The van der Waals surface area contributed by atoms with E-state index >= 15 is 0 Å². The standard InChI is InChI=1S/C22H25N7O/c1-17(16-28-12-14-29(15-13-28)22-24-9-5-10-25-22)26-21(30)20-23-11-8-19(27-20)18-6-3-2-4-7-18/h2-11,17H,12-16H2,1H3,(H,26,30). The number of aromatic nitrogens is 4. The summed E-state index contributed by atoms with van der Waals surface area (Å²) in [7, 11) is 0. The van der Waals surface area contributed by atoms with Crippen molar-refractivity contribution in [3.63, 3.8) is 0 Å². The van der Waals surface area contributed by atoms with E-state index in [0.29, 0.717) is 0 Å². The molecule has 0 aliphatic carbocycles. The van der Waals surface area contributed by atoms with Crippen molar-refractivity contribution in [2.45, 2.75) is 13.0 Å². The molecule has 2 aromatic heterocycles. The molecule has 1 N–H and O–H groups in total. The average Bonchev–Trinajstić information content (AvgIpc) is 2.81. The van der Waals surface area contributed by atoms with Gasteiger partial charge in [-0.25, -0.2) is 19.9 Å². The predicted octanol–water partition coefficient (Wildman–Crippen LogP) is 1.87. The van der Waals surface area contributed by atoms with Gasteiger partial charge in [0.1, 0.15) is 0 Å². The van der Waals surface area contributed by atoms with E-state index < -0.39 is 0 Å². The first-order valence-electron chi connectivity index (χ1n) is 10.1. The predicted molar refractivity (Wildman–Crippen MR) is 115 cm³/mol. The number of carbonyl (C=O) groups excluding carboxylic acids is 1. The fourth-order valence-electron chi connectivity index (χ4n) is 3.54. The largest absolute Gasteiger partial charge is 0.346 e. The highest BCUT2D eigenvalue weighted by Gasteiger charge is 2.21. The number of hydrogen-bond acceptors (Lipinski definition) is 7. The number of anilines is 1. The monoisotopic (exact) mass is 403 g/mol. The number of amides is 1. The molecule has 1 aromatic carbocycles. The number of piperazine rings is 1. The number of hydrogen-bond donors (Lipinski definition) is 1. The van der Waals surface area contributed by atoms with Gasteiger partial charge < -0.3 is 10.2 Å². The van der Waals surface area contributed by atoms with Crippen molar-refractivity contribution in [1.82, 2.24) is 30.2 Å². The molecule has 30 heavy (non-hydrogen) atoms. The average molecular weight is 403 g/mol. The van der Waals surface area contributed by atoms with Crippen LogP contribution in [0.3, 0.4) is 0 Å². The van der Waals surface area contributed by atoms with Crippen molar-refractivity contribution in [2.24, 2.45) is 0 Å². The van der Waals surface area contributed by atoms with Crippen LogP contribution in [-0.2, 0) is 0 Å². The molecule has 1 aliphatic rings. The highest BCUT2D eigenvalue weighted by atomic mass is 16.2. The Labute approximate surface area is 176 Å². The Morgan fingerprint density at radius 3 is 2.43 bits per heavy atom. The van der Waals surface area contributed by atoms with Crippen LogP contribution < -0.4 is 10.2 Å². The quantitative estimate of drug-likeness (QED) is 0.672. The lowest BCUT2D eigenvalue weighted by atomic mass is 10.1. The number of benzene rings is 1. The smallest absolute Gasteiger partial charge is 0.289 e. The molecule has 1 unspecified atom stereocenters. The van der Waals surface area contributed by atoms with Gasteiger partial charge >= 0.3 is 0 Å². The first-order chi connectivity index (χ1) is 14.7. The van der Waals surface area contributed by atoms with Crippen molar-refractivity contribution < 1.29 is 4.79 Å². The van der Waals surface area contributed by atoms with Crippen LogP contribution in [0.15, 0.2) is 61.1 Å². The van der Waals surface area contributed by atoms with Gasteiger partial charge in [-0.1, -0.05) is 30.3 Å². The van der Waals surface area contributed by atoms with Crippen LogP contribution in [0, 0.1) is 0 Å². The van der Waals surface area contributed by atoms with Crippen molar-refractivity contribution in [2.75, 3.05) is 37.6 Å². The number of carbonyl (C=O) groups is 1. The first kappa shape index (κ1) is 19.9. The van der Waals surface area contributed by atoms with E-state index in [1.165, 1.54) is 0 Å². The van der Waals surface area contributed by atoms with Gasteiger partial charge in [0.2, 0.25) is 11.8 Å². The fourth-order valence-corrected chi connectivity index (χ4v) is 3.54. The van der Waals surface area contributed by atoms with Gasteiger partial charge in [-0.2, -0.15) is 0 Å². The van der Waals surface area contributed by atoms with E-state index in [0.717, 1.165) is 49.9 Å². The molecule has 3 aromatic rings. The van der Waals surface area contributed by atoms with Crippen LogP contribution in [0.4, 0.5) is 5.95 Å². The summed E-state index contributed by atoms with van der Waals surface area (Å²) in [4.78, 5) is 34.4. The SMILES string of the molecule is CC(CN1CCN(c2ncccn2)CC1)NC(=O)c1nccc(-c2ccccc2)n1. The van der Waals surface area contributed by atoms with Gasteiger partial charge in [-0.3, -0.25) is 9.69 Å². The zero-order valence-electron chi connectivity index (χ0n) is 17.0. The maximum Gasteiger partial charge on any atom is 0.289 e. The van der Waals surface area contributed by atoms with E-state index in [1.807, 2.05) is 49.4 Å². The normalized spacial score (nSPS) is 15.6. The second-order valence-corrected chi connectivity index (χ2v) is 7.34. The Kier molecular flexibility index (Phi) is 6.24. The molecule has 0 bridgehead atoms. The Morgan fingerprint density at radius 2 is 1.70 bits per heavy atom. The van der Waals surface area contributed by atoms with E-state index in [4.69, 9.17) is 0 Å².